The highest BCUT2D eigenvalue weighted by molar-refractivity contribution is 7.92. The summed E-state index contributed by atoms with van der Waals surface area (Å²) < 4.78 is 39.3. The molecule has 2 rings (SSSR count). The molecule has 0 aliphatic carbocycles. The summed E-state index contributed by atoms with van der Waals surface area (Å²) in [4.78, 5) is 27.0. The zero-order chi connectivity index (χ0) is 24.9. The topological polar surface area (TPSA) is 86.8 Å². The predicted octanol–water partition coefficient (Wildman–Crippen LogP) is 4.11. The average Bonchev–Trinajstić information content (AvgIpc) is 2.72. The summed E-state index contributed by atoms with van der Waals surface area (Å²) in [5, 5.41) is 3.03. The van der Waals surface area contributed by atoms with Gasteiger partial charge in [-0.15, -0.1) is 0 Å². The molecule has 0 saturated heterocycles. The Morgan fingerprint density at radius 1 is 1.09 bits per heavy atom. The molecule has 0 spiro atoms. The third-order valence-corrected chi connectivity index (χ3v) is 6.76. The molecule has 2 amide bonds. The first-order chi connectivity index (χ1) is 15.3. The highest BCUT2D eigenvalue weighted by atomic mass is 35.5. The minimum atomic E-state index is -3.96. The number of benzene rings is 2. The van der Waals surface area contributed by atoms with Crippen LogP contribution in [0.4, 0.5) is 10.1 Å². The van der Waals surface area contributed by atoms with Crippen LogP contribution in [-0.4, -0.2) is 50.5 Å². The molecule has 12 heteroatoms. The van der Waals surface area contributed by atoms with E-state index in [0.29, 0.717) is 17.1 Å². The van der Waals surface area contributed by atoms with Crippen LogP contribution in [0.5, 0.6) is 0 Å². The molecule has 0 radical (unpaired) electrons. The Hall–Kier alpha value is -2.07. The second-order valence-electron chi connectivity index (χ2n) is 7.20. The van der Waals surface area contributed by atoms with E-state index in [-0.39, 0.29) is 22.3 Å². The smallest absolute Gasteiger partial charge is 0.244 e. The molecule has 180 valence electrons. The van der Waals surface area contributed by atoms with Gasteiger partial charge in [0.15, 0.2) is 0 Å². The predicted molar refractivity (Wildman–Crippen MR) is 129 cm³/mol. The summed E-state index contributed by atoms with van der Waals surface area (Å²) in [7, 11) is -3.96. The molecule has 0 aliphatic heterocycles. The lowest BCUT2D eigenvalue weighted by Gasteiger charge is -2.31. The molecule has 0 heterocycles. The van der Waals surface area contributed by atoms with Gasteiger partial charge in [0.05, 0.1) is 17.0 Å². The van der Waals surface area contributed by atoms with Crippen molar-refractivity contribution in [2.75, 3.05) is 23.7 Å². The van der Waals surface area contributed by atoms with Crippen LogP contribution < -0.4 is 9.62 Å². The lowest BCUT2D eigenvalue weighted by molar-refractivity contribution is -0.139. The Labute approximate surface area is 207 Å². The number of sulfonamides is 1. The fourth-order valence-electron chi connectivity index (χ4n) is 2.99. The fraction of sp³-hybridized carbons (Fsp3) is 0.333. The van der Waals surface area contributed by atoms with E-state index in [0.717, 1.165) is 22.7 Å². The van der Waals surface area contributed by atoms with E-state index in [4.69, 9.17) is 34.8 Å². The van der Waals surface area contributed by atoms with Crippen LogP contribution in [0.25, 0.3) is 0 Å². The Morgan fingerprint density at radius 3 is 2.30 bits per heavy atom. The van der Waals surface area contributed by atoms with E-state index in [1.54, 1.807) is 19.1 Å². The van der Waals surface area contributed by atoms with Crippen LogP contribution in [0.3, 0.4) is 0 Å². The van der Waals surface area contributed by atoms with Gasteiger partial charge in [-0.05, 0) is 49.7 Å². The normalized spacial score (nSPS) is 12.2. The van der Waals surface area contributed by atoms with E-state index in [1.807, 2.05) is 0 Å². The maximum absolute atomic E-state index is 13.6. The van der Waals surface area contributed by atoms with Gasteiger partial charge in [0, 0.05) is 23.1 Å². The summed E-state index contributed by atoms with van der Waals surface area (Å²) in [5.41, 5.74) is 0.522. The summed E-state index contributed by atoms with van der Waals surface area (Å²) in [6, 6.07) is 7.07. The number of likely N-dealkylation sites (N-methyl/N-ethyl adjacent to an activating group) is 1. The summed E-state index contributed by atoms with van der Waals surface area (Å²) in [5.74, 6) is -1.83. The summed E-state index contributed by atoms with van der Waals surface area (Å²) in [6.45, 7) is 2.88. The van der Waals surface area contributed by atoms with E-state index in [2.05, 4.69) is 5.32 Å². The van der Waals surface area contributed by atoms with Crippen molar-refractivity contribution in [2.24, 2.45) is 0 Å². The first-order valence-corrected chi connectivity index (χ1v) is 12.8. The lowest BCUT2D eigenvalue weighted by atomic mass is 10.1. The maximum atomic E-state index is 13.6. The maximum Gasteiger partial charge on any atom is 0.244 e. The molecule has 0 unspecified atom stereocenters. The average molecular weight is 539 g/mol. The number of halogens is 4. The summed E-state index contributed by atoms with van der Waals surface area (Å²) in [6.07, 6.45) is 0.908. The second-order valence-corrected chi connectivity index (χ2v) is 10.4. The van der Waals surface area contributed by atoms with Crippen molar-refractivity contribution in [3.8, 4) is 0 Å². The van der Waals surface area contributed by atoms with Gasteiger partial charge in [0.1, 0.15) is 18.4 Å². The molecule has 7 nitrogen and oxygen atoms in total. The number of hydrogen-bond acceptors (Lipinski definition) is 4. The van der Waals surface area contributed by atoms with Crippen molar-refractivity contribution in [3.05, 3.63) is 62.8 Å². The van der Waals surface area contributed by atoms with Crippen LogP contribution in [0.15, 0.2) is 36.4 Å². The Kier molecular flexibility index (Phi) is 9.37. The number of amides is 2. The molecular weight excluding hydrogens is 516 g/mol. The number of rotatable bonds is 9. The molecule has 2 aromatic carbocycles. The number of carbonyl (C=O) groups excluding carboxylic acids is 2. The van der Waals surface area contributed by atoms with Crippen molar-refractivity contribution in [1.29, 1.82) is 0 Å². The van der Waals surface area contributed by atoms with Gasteiger partial charge >= 0.3 is 0 Å². The third-order valence-electron chi connectivity index (χ3n) is 4.74. The van der Waals surface area contributed by atoms with Gasteiger partial charge in [-0.3, -0.25) is 13.9 Å². The molecule has 2 aromatic rings. The van der Waals surface area contributed by atoms with E-state index < -0.39 is 40.2 Å². The van der Waals surface area contributed by atoms with Crippen LogP contribution >= 0.6 is 34.8 Å². The first-order valence-electron chi connectivity index (χ1n) is 9.79. The largest absolute Gasteiger partial charge is 0.355 e. The van der Waals surface area contributed by atoms with Crippen LogP contribution in [0, 0.1) is 5.82 Å². The fourth-order valence-corrected chi connectivity index (χ4v) is 4.48. The molecule has 0 aliphatic rings. The van der Waals surface area contributed by atoms with E-state index in [1.165, 1.54) is 24.0 Å². The van der Waals surface area contributed by atoms with E-state index >= 15 is 0 Å². The third kappa shape index (κ3) is 7.20. The van der Waals surface area contributed by atoms with Gasteiger partial charge in [-0.1, -0.05) is 40.9 Å². The Bertz CT molecular complexity index is 1150. The molecule has 0 fully saturated rings. The highest BCUT2D eigenvalue weighted by Crippen LogP contribution is 2.26. The number of nitrogens with zero attached hydrogens (tertiary/aromatic N) is 2. The second kappa shape index (κ2) is 11.4. The molecule has 33 heavy (non-hydrogen) atoms. The van der Waals surface area contributed by atoms with Crippen molar-refractivity contribution in [3.63, 3.8) is 0 Å². The number of carbonyl (C=O) groups is 2. The van der Waals surface area contributed by atoms with Gasteiger partial charge in [-0.2, -0.15) is 0 Å². The lowest BCUT2D eigenvalue weighted by Crippen LogP contribution is -2.51. The highest BCUT2D eigenvalue weighted by Gasteiger charge is 2.30. The summed E-state index contributed by atoms with van der Waals surface area (Å²) >= 11 is 18.0. The minimum absolute atomic E-state index is 0.00684. The van der Waals surface area contributed by atoms with Gasteiger partial charge in [0.2, 0.25) is 21.8 Å². The molecule has 0 saturated carbocycles. The number of nitrogens with one attached hydrogen (secondary N) is 1. The Balaban J connectivity index is 2.43. The van der Waals surface area contributed by atoms with Crippen LogP contribution in [-0.2, 0) is 26.2 Å². The van der Waals surface area contributed by atoms with E-state index in [9.17, 15) is 22.4 Å². The molecule has 0 bridgehead atoms. The number of anilines is 1. The Morgan fingerprint density at radius 2 is 1.76 bits per heavy atom. The first kappa shape index (κ1) is 27.2. The van der Waals surface area contributed by atoms with Crippen molar-refractivity contribution in [2.45, 2.75) is 26.4 Å². The monoisotopic (exact) mass is 537 g/mol. The molecule has 0 aromatic heterocycles. The van der Waals surface area contributed by atoms with Gasteiger partial charge in [-0.25, -0.2) is 12.8 Å². The van der Waals surface area contributed by atoms with Gasteiger partial charge < -0.3 is 10.2 Å². The van der Waals surface area contributed by atoms with Crippen molar-refractivity contribution >= 4 is 62.3 Å². The quantitative estimate of drug-likeness (QED) is 0.521. The molecule has 1 N–H and O–H groups in total. The SMILES string of the molecule is CCNC(=O)[C@@H](C)N(Cc1ccc(Cl)cc1Cl)C(=O)CN(c1ccc(F)c(Cl)c1)S(C)(=O)=O. The zero-order valence-corrected chi connectivity index (χ0v) is 21.2. The molecule has 1 atom stereocenters. The van der Waals surface area contributed by atoms with Crippen LogP contribution in [0.2, 0.25) is 15.1 Å². The number of hydrogen-bond donors (Lipinski definition) is 1. The van der Waals surface area contributed by atoms with Crippen molar-refractivity contribution in [1.82, 2.24) is 10.2 Å². The zero-order valence-electron chi connectivity index (χ0n) is 18.1. The van der Waals surface area contributed by atoms with Crippen LogP contribution in [0.1, 0.15) is 19.4 Å². The molecular formula is C21H23Cl3FN3O4S. The standard InChI is InChI=1S/C21H23Cl3FN3O4S/c1-4-26-21(30)13(2)27(11-14-5-6-15(22)9-17(14)23)20(29)12-28(33(3,31)32)16-7-8-19(25)18(24)10-16/h5-10,13H,4,11-12H2,1-3H3,(H,26,30)/t13-/m1/s1. The van der Waals surface area contributed by atoms with Gasteiger partial charge in [0.25, 0.3) is 0 Å². The minimum Gasteiger partial charge on any atom is -0.355 e. The van der Waals surface area contributed by atoms with Crippen molar-refractivity contribution < 1.29 is 22.4 Å².